The molecule has 3 rings (SSSR count). The Morgan fingerprint density at radius 1 is 1.42 bits per heavy atom. The minimum absolute atomic E-state index is 0.265. The summed E-state index contributed by atoms with van der Waals surface area (Å²) < 4.78 is 23.2. The Balaban J connectivity index is 1.84. The fraction of sp³-hybridized carbons (Fsp3) is 0.400. The van der Waals surface area contributed by atoms with Crippen molar-refractivity contribution in [3.63, 3.8) is 0 Å². The van der Waals surface area contributed by atoms with E-state index in [9.17, 15) is 9.67 Å². The zero-order valence-electron chi connectivity index (χ0n) is 12.9. The largest absolute Gasteiger partial charge is 0.469 e. The molecule has 7 nitrogen and oxygen atoms in total. The van der Waals surface area contributed by atoms with Crippen LogP contribution in [0.3, 0.4) is 0 Å². The number of nitrogens with zero attached hydrogens (tertiary/aromatic N) is 1. The number of fused-ring (bicyclic) bond motifs is 1. The summed E-state index contributed by atoms with van der Waals surface area (Å²) in [5, 5.41) is 12.0. The zero-order valence-corrected chi connectivity index (χ0v) is 14.6. The molecule has 1 aromatic carbocycles. The summed E-state index contributed by atoms with van der Waals surface area (Å²) in [5.41, 5.74) is 1.14. The number of rotatable bonds is 4. The number of benzene rings is 1. The Bertz CT molecular complexity index is 863. The third-order valence-electron chi connectivity index (χ3n) is 4.01. The van der Waals surface area contributed by atoms with Gasteiger partial charge < -0.3 is 24.2 Å². The van der Waals surface area contributed by atoms with Crippen LogP contribution >= 0.6 is 20.0 Å². The molecule has 0 saturated carbocycles. The summed E-state index contributed by atoms with van der Waals surface area (Å²) in [7, 11) is -4.60. The van der Waals surface area contributed by atoms with Crippen LogP contribution < -0.4 is 0 Å². The second kappa shape index (κ2) is 6.65. The maximum atomic E-state index is 10.8. The van der Waals surface area contributed by atoms with Gasteiger partial charge in [0.15, 0.2) is 0 Å². The van der Waals surface area contributed by atoms with E-state index in [2.05, 4.69) is 4.52 Å². The van der Waals surface area contributed by atoms with Crippen molar-refractivity contribution >= 4 is 30.8 Å². The van der Waals surface area contributed by atoms with Crippen molar-refractivity contribution in [1.29, 1.82) is 0 Å². The summed E-state index contributed by atoms with van der Waals surface area (Å²) in [6.45, 7) is 1.62. The van der Waals surface area contributed by atoms with Gasteiger partial charge in [0.25, 0.3) is 0 Å². The second-order valence-corrected chi connectivity index (χ2v) is 7.46. The van der Waals surface area contributed by atoms with Gasteiger partial charge in [-0.1, -0.05) is 36.0 Å². The third kappa shape index (κ3) is 3.75. The summed E-state index contributed by atoms with van der Waals surface area (Å²) in [4.78, 5) is 17.5. The van der Waals surface area contributed by atoms with E-state index in [-0.39, 0.29) is 13.0 Å². The Kier molecular flexibility index (Phi) is 4.90. The highest BCUT2D eigenvalue weighted by atomic mass is 32.1. The summed E-state index contributed by atoms with van der Waals surface area (Å²) in [5.74, 6) is 0. The highest BCUT2D eigenvalue weighted by molar-refractivity contribution is 7.71. The number of hydrogen-bond acceptors (Lipinski definition) is 5. The number of aliphatic hydroxyl groups excluding tert-OH is 1. The molecule has 0 spiro atoms. The SMILES string of the molecule is Cc1ccc2c(=S)n([C@H]3C[C@H](O)[C@@H](COP(=O)(O)O)O3)ccc2c1. The van der Waals surface area contributed by atoms with Gasteiger partial charge in [-0.2, -0.15) is 0 Å². The molecule has 2 aromatic rings. The number of ether oxygens (including phenoxy) is 1. The Hall–Kier alpha value is -1.12. The van der Waals surface area contributed by atoms with Crippen LogP contribution in [0.15, 0.2) is 30.5 Å². The molecule has 3 atom stereocenters. The number of aliphatic hydroxyl groups is 1. The van der Waals surface area contributed by atoms with Gasteiger partial charge in [-0.25, -0.2) is 4.57 Å². The lowest BCUT2D eigenvalue weighted by atomic mass is 10.1. The molecule has 1 aromatic heterocycles. The van der Waals surface area contributed by atoms with Crippen LogP contribution in [0.5, 0.6) is 0 Å². The van der Waals surface area contributed by atoms with Gasteiger partial charge in [-0.05, 0) is 18.4 Å². The molecule has 0 unspecified atom stereocenters. The first-order chi connectivity index (χ1) is 11.2. The first kappa shape index (κ1) is 17.7. The van der Waals surface area contributed by atoms with Crippen molar-refractivity contribution in [3.05, 3.63) is 40.7 Å². The van der Waals surface area contributed by atoms with E-state index >= 15 is 0 Å². The molecule has 24 heavy (non-hydrogen) atoms. The minimum Gasteiger partial charge on any atom is -0.390 e. The molecule has 1 aliphatic rings. The van der Waals surface area contributed by atoms with Crippen molar-refractivity contribution in [2.24, 2.45) is 0 Å². The zero-order chi connectivity index (χ0) is 17.5. The molecule has 1 aliphatic heterocycles. The summed E-state index contributed by atoms with van der Waals surface area (Å²) in [6.07, 6.45) is -0.159. The average Bonchev–Trinajstić information content (AvgIpc) is 2.85. The second-order valence-electron chi connectivity index (χ2n) is 5.84. The lowest BCUT2D eigenvalue weighted by Crippen LogP contribution is -2.25. The van der Waals surface area contributed by atoms with Gasteiger partial charge in [-0.15, -0.1) is 0 Å². The van der Waals surface area contributed by atoms with Crippen molar-refractivity contribution in [2.75, 3.05) is 6.61 Å². The van der Waals surface area contributed by atoms with Gasteiger partial charge in [-0.3, -0.25) is 4.52 Å². The van der Waals surface area contributed by atoms with Crippen molar-refractivity contribution in [3.8, 4) is 0 Å². The summed E-state index contributed by atoms with van der Waals surface area (Å²) >= 11 is 5.52. The molecular weight excluding hydrogens is 353 g/mol. The Morgan fingerprint density at radius 2 is 2.17 bits per heavy atom. The predicted molar refractivity (Wildman–Crippen MR) is 90.0 cm³/mol. The molecule has 1 fully saturated rings. The van der Waals surface area contributed by atoms with E-state index in [1.165, 1.54) is 0 Å². The van der Waals surface area contributed by atoms with E-state index in [4.69, 9.17) is 26.7 Å². The Morgan fingerprint density at radius 3 is 2.88 bits per heavy atom. The number of phosphoric ester groups is 1. The maximum Gasteiger partial charge on any atom is 0.469 e. The molecule has 2 heterocycles. The van der Waals surface area contributed by atoms with Crippen LogP contribution in [0.4, 0.5) is 0 Å². The van der Waals surface area contributed by atoms with E-state index in [0.717, 1.165) is 16.3 Å². The molecule has 0 bridgehead atoms. The quantitative estimate of drug-likeness (QED) is 0.560. The molecular formula is C15H18NO6PS. The first-order valence-corrected chi connectivity index (χ1v) is 9.33. The van der Waals surface area contributed by atoms with E-state index in [0.29, 0.717) is 4.64 Å². The fourth-order valence-electron chi connectivity index (χ4n) is 2.82. The lowest BCUT2D eigenvalue weighted by Gasteiger charge is -2.18. The number of pyridine rings is 1. The highest BCUT2D eigenvalue weighted by Gasteiger charge is 2.36. The van der Waals surface area contributed by atoms with Crippen molar-refractivity contribution in [2.45, 2.75) is 31.8 Å². The normalized spacial score (nSPS) is 24.6. The monoisotopic (exact) mass is 371 g/mol. The van der Waals surface area contributed by atoms with E-state index in [1.807, 2.05) is 31.2 Å². The summed E-state index contributed by atoms with van der Waals surface area (Å²) in [6, 6.07) is 7.89. The predicted octanol–water partition coefficient (Wildman–Crippen LogP) is 2.44. The molecule has 9 heteroatoms. The van der Waals surface area contributed by atoms with E-state index < -0.39 is 26.3 Å². The van der Waals surface area contributed by atoms with Crippen LogP contribution in [0, 0.1) is 11.6 Å². The van der Waals surface area contributed by atoms with Gasteiger partial charge >= 0.3 is 7.82 Å². The average molecular weight is 371 g/mol. The van der Waals surface area contributed by atoms with Crippen LogP contribution in [-0.2, 0) is 13.8 Å². The molecule has 130 valence electrons. The minimum atomic E-state index is -4.60. The smallest absolute Gasteiger partial charge is 0.390 e. The standard InChI is InChI=1S/C15H18NO6PS/c1-9-2-3-11-10(6-9)4-5-16(15(11)24)14-7-12(17)13(22-14)8-21-23(18,19)20/h2-6,12-14,17H,7-8H2,1H3,(H2,18,19,20)/t12-,13+,14+/m0/s1. The molecule has 0 aliphatic carbocycles. The van der Waals surface area contributed by atoms with Crippen molar-refractivity contribution in [1.82, 2.24) is 4.57 Å². The molecule has 3 N–H and O–H groups in total. The first-order valence-electron chi connectivity index (χ1n) is 7.40. The molecule has 1 saturated heterocycles. The number of aryl methyl sites for hydroxylation is 1. The van der Waals surface area contributed by atoms with Crippen molar-refractivity contribution < 1.29 is 28.7 Å². The Labute approximate surface area is 143 Å². The topological polar surface area (TPSA) is 101 Å². The maximum absolute atomic E-state index is 10.8. The number of phosphoric acid groups is 1. The van der Waals surface area contributed by atoms with Crippen LogP contribution in [-0.4, -0.2) is 38.3 Å². The van der Waals surface area contributed by atoms with Crippen LogP contribution in [0.25, 0.3) is 10.8 Å². The molecule has 0 amide bonds. The van der Waals surface area contributed by atoms with Gasteiger partial charge in [0.05, 0.1) is 12.7 Å². The number of hydrogen-bond donors (Lipinski definition) is 3. The highest BCUT2D eigenvalue weighted by Crippen LogP contribution is 2.38. The van der Waals surface area contributed by atoms with E-state index in [1.54, 1.807) is 10.8 Å². The fourth-order valence-corrected chi connectivity index (χ4v) is 3.52. The lowest BCUT2D eigenvalue weighted by molar-refractivity contribution is -0.0439. The van der Waals surface area contributed by atoms with Crippen LogP contribution in [0.1, 0.15) is 18.2 Å². The van der Waals surface area contributed by atoms with Crippen LogP contribution in [0.2, 0.25) is 0 Å². The third-order valence-corrected chi connectivity index (χ3v) is 4.92. The van der Waals surface area contributed by atoms with Gasteiger partial charge in [0.1, 0.15) is 17.0 Å². The number of aromatic nitrogens is 1. The van der Waals surface area contributed by atoms with Gasteiger partial charge in [0, 0.05) is 18.0 Å². The van der Waals surface area contributed by atoms with Gasteiger partial charge in [0.2, 0.25) is 0 Å². The molecule has 0 radical (unpaired) electrons.